The molecule has 2 rings (SSSR count). The van der Waals surface area contributed by atoms with Gasteiger partial charge in [0.25, 0.3) is 0 Å². The highest BCUT2D eigenvalue weighted by Gasteiger charge is 2.16. The molecule has 1 aliphatic rings. The smallest absolute Gasteiger partial charge is 0.0692 e. The van der Waals surface area contributed by atoms with Crippen LogP contribution >= 0.6 is 0 Å². The Morgan fingerprint density at radius 1 is 1.58 bits per heavy atom. The van der Waals surface area contributed by atoms with Crippen molar-refractivity contribution in [2.45, 2.75) is 12.6 Å². The van der Waals surface area contributed by atoms with Crippen molar-refractivity contribution in [2.24, 2.45) is 0 Å². The number of hydrogen-bond acceptors (Lipinski definition) is 4. The van der Waals surface area contributed by atoms with Crippen LogP contribution in [-0.4, -0.2) is 40.8 Å². The van der Waals surface area contributed by atoms with Crippen LogP contribution in [0.5, 0.6) is 0 Å². The van der Waals surface area contributed by atoms with Crippen LogP contribution in [0.2, 0.25) is 0 Å². The molecule has 0 spiro atoms. The summed E-state index contributed by atoms with van der Waals surface area (Å²) in [5.74, 6) is 0. The first-order valence-electron chi connectivity index (χ1n) is 4.10. The highest BCUT2D eigenvalue weighted by atomic mass is 16.5. The Morgan fingerprint density at radius 2 is 2.50 bits per heavy atom. The Balaban J connectivity index is 1.62. The van der Waals surface area contributed by atoms with Gasteiger partial charge in [0.2, 0.25) is 0 Å². The van der Waals surface area contributed by atoms with E-state index in [4.69, 9.17) is 4.74 Å². The second-order valence-electron chi connectivity index (χ2n) is 2.85. The third-order valence-corrected chi connectivity index (χ3v) is 1.88. The highest BCUT2D eigenvalue weighted by molar-refractivity contribution is 4.73. The quantitative estimate of drug-likeness (QED) is 0.643. The lowest BCUT2D eigenvalue weighted by Gasteiger charge is -2.26. The molecule has 2 heterocycles. The molecule has 0 saturated carbocycles. The van der Waals surface area contributed by atoms with Gasteiger partial charge in [0.1, 0.15) is 0 Å². The van der Waals surface area contributed by atoms with Crippen LogP contribution in [0.4, 0.5) is 0 Å². The normalized spacial score (nSPS) is 17.7. The van der Waals surface area contributed by atoms with Crippen molar-refractivity contribution in [3.63, 3.8) is 0 Å². The zero-order chi connectivity index (χ0) is 8.23. The van der Waals surface area contributed by atoms with E-state index in [0.717, 1.165) is 26.3 Å². The number of aromatic nitrogens is 3. The minimum absolute atomic E-state index is 0.550. The molecule has 12 heavy (non-hydrogen) atoms. The predicted octanol–water partition coefficient (Wildman–Crippen LogP) is -0.733. The fourth-order valence-electron chi connectivity index (χ4n) is 1.09. The van der Waals surface area contributed by atoms with Gasteiger partial charge >= 0.3 is 0 Å². The van der Waals surface area contributed by atoms with Crippen LogP contribution in [-0.2, 0) is 11.3 Å². The van der Waals surface area contributed by atoms with Crippen molar-refractivity contribution in [1.29, 1.82) is 0 Å². The van der Waals surface area contributed by atoms with Gasteiger partial charge in [-0.3, -0.25) is 4.68 Å². The van der Waals surface area contributed by atoms with E-state index in [1.54, 1.807) is 6.20 Å². The Bertz CT molecular complexity index is 219. The van der Waals surface area contributed by atoms with Gasteiger partial charge in [0.15, 0.2) is 0 Å². The molecule has 0 unspecified atom stereocenters. The zero-order valence-corrected chi connectivity index (χ0v) is 6.81. The summed E-state index contributed by atoms with van der Waals surface area (Å²) < 4.78 is 6.84. The molecule has 1 aliphatic heterocycles. The second-order valence-corrected chi connectivity index (χ2v) is 2.85. The molecule has 0 aliphatic carbocycles. The van der Waals surface area contributed by atoms with Crippen molar-refractivity contribution in [3.05, 3.63) is 12.4 Å². The molecule has 1 aromatic heterocycles. The molecule has 1 aromatic rings. The summed E-state index contributed by atoms with van der Waals surface area (Å²) in [6.45, 7) is 3.49. The minimum atomic E-state index is 0.550. The van der Waals surface area contributed by atoms with Crippen molar-refractivity contribution in [3.8, 4) is 0 Å². The Hall–Kier alpha value is -0.940. The maximum Gasteiger partial charge on any atom is 0.0692 e. The van der Waals surface area contributed by atoms with E-state index < -0.39 is 0 Å². The topological polar surface area (TPSA) is 52.0 Å². The summed E-state index contributed by atoms with van der Waals surface area (Å²) in [5.41, 5.74) is 0. The standard InChI is InChI=1S/C7H12N4O/c1(8-7-5-12-6-7)3-11-4-2-9-10-11/h2,4,7-8H,1,3,5-6H2. The molecule has 1 N–H and O–H groups in total. The van der Waals surface area contributed by atoms with Gasteiger partial charge < -0.3 is 10.1 Å². The Labute approximate surface area is 70.7 Å². The maximum absolute atomic E-state index is 5.03. The molecule has 0 aromatic carbocycles. The van der Waals surface area contributed by atoms with Crippen LogP contribution in [0.3, 0.4) is 0 Å². The fraction of sp³-hybridized carbons (Fsp3) is 0.714. The van der Waals surface area contributed by atoms with Crippen LogP contribution in [0.15, 0.2) is 12.4 Å². The fourth-order valence-corrected chi connectivity index (χ4v) is 1.09. The van der Waals surface area contributed by atoms with Gasteiger partial charge in [0.05, 0.1) is 32.0 Å². The number of hydrogen-bond donors (Lipinski definition) is 1. The van der Waals surface area contributed by atoms with Crippen molar-refractivity contribution in [1.82, 2.24) is 20.3 Å². The monoisotopic (exact) mass is 168 g/mol. The Morgan fingerprint density at radius 3 is 3.08 bits per heavy atom. The van der Waals surface area contributed by atoms with E-state index in [0.29, 0.717) is 6.04 Å². The summed E-state index contributed by atoms with van der Waals surface area (Å²) >= 11 is 0. The SMILES string of the molecule is c1cn(CCNC2COC2)nn1. The maximum atomic E-state index is 5.03. The van der Waals surface area contributed by atoms with Gasteiger partial charge in [-0.15, -0.1) is 5.10 Å². The molecule has 5 heteroatoms. The van der Waals surface area contributed by atoms with Crippen molar-refractivity contribution < 1.29 is 4.74 Å². The van der Waals surface area contributed by atoms with Crippen molar-refractivity contribution >= 4 is 0 Å². The number of nitrogens with zero attached hydrogens (tertiary/aromatic N) is 3. The van der Waals surface area contributed by atoms with Gasteiger partial charge in [0, 0.05) is 12.7 Å². The number of ether oxygens (including phenoxy) is 1. The summed E-state index contributed by atoms with van der Waals surface area (Å²) in [7, 11) is 0. The zero-order valence-electron chi connectivity index (χ0n) is 6.81. The van der Waals surface area contributed by atoms with Gasteiger partial charge in [-0.2, -0.15) is 0 Å². The summed E-state index contributed by atoms with van der Waals surface area (Å²) in [6.07, 6.45) is 3.55. The molecule has 0 radical (unpaired) electrons. The van der Waals surface area contributed by atoms with Crippen molar-refractivity contribution in [2.75, 3.05) is 19.8 Å². The summed E-state index contributed by atoms with van der Waals surface area (Å²) in [5, 5.41) is 10.9. The third-order valence-electron chi connectivity index (χ3n) is 1.88. The van der Waals surface area contributed by atoms with Crippen LogP contribution in [0.1, 0.15) is 0 Å². The average Bonchev–Trinajstić information content (AvgIpc) is 2.46. The first kappa shape index (κ1) is 7.70. The van der Waals surface area contributed by atoms with Crippen LogP contribution < -0.4 is 5.32 Å². The van der Waals surface area contributed by atoms with E-state index in [-0.39, 0.29) is 0 Å². The van der Waals surface area contributed by atoms with Gasteiger partial charge in [-0.05, 0) is 0 Å². The van der Waals surface area contributed by atoms with E-state index in [2.05, 4.69) is 15.6 Å². The lowest BCUT2D eigenvalue weighted by molar-refractivity contribution is -0.00524. The first-order valence-corrected chi connectivity index (χ1v) is 4.10. The number of nitrogens with one attached hydrogen (secondary N) is 1. The molecule has 5 nitrogen and oxygen atoms in total. The molecule has 1 fully saturated rings. The van der Waals surface area contributed by atoms with Crippen LogP contribution in [0, 0.1) is 0 Å². The number of rotatable bonds is 4. The van der Waals surface area contributed by atoms with E-state index in [1.165, 1.54) is 0 Å². The minimum Gasteiger partial charge on any atom is -0.378 e. The second kappa shape index (κ2) is 3.64. The molecular weight excluding hydrogens is 156 g/mol. The van der Waals surface area contributed by atoms with E-state index in [9.17, 15) is 0 Å². The third kappa shape index (κ3) is 1.80. The molecule has 0 amide bonds. The lowest BCUT2D eigenvalue weighted by Crippen LogP contribution is -2.46. The summed E-state index contributed by atoms with van der Waals surface area (Å²) in [6, 6.07) is 0.550. The molecule has 1 saturated heterocycles. The molecular formula is C7H12N4O. The predicted molar refractivity (Wildman–Crippen MR) is 42.6 cm³/mol. The van der Waals surface area contributed by atoms with E-state index in [1.807, 2.05) is 10.9 Å². The Kier molecular flexibility index (Phi) is 2.33. The van der Waals surface area contributed by atoms with E-state index >= 15 is 0 Å². The highest BCUT2D eigenvalue weighted by Crippen LogP contribution is 1.98. The first-order chi connectivity index (χ1) is 5.95. The molecule has 0 atom stereocenters. The van der Waals surface area contributed by atoms with Crippen LogP contribution in [0.25, 0.3) is 0 Å². The summed E-state index contributed by atoms with van der Waals surface area (Å²) in [4.78, 5) is 0. The lowest BCUT2D eigenvalue weighted by atomic mass is 10.2. The largest absolute Gasteiger partial charge is 0.378 e. The van der Waals surface area contributed by atoms with Gasteiger partial charge in [-0.25, -0.2) is 0 Å². The average molecular weight is 168 g/mol. The van der Waals surface area contributed by atoms with Gasteiger partial charge in [-0.1, -0.05) is 5.21 Å². The molecule has 0 bridgehead atoms. The molecule has 66 valence electrons.